The molecule has 0 amide bonds. The average Bonchev–Trinajstić information content (AvgIpc) is 2.69. The van der Waals surface area contributed by atoms with Gasteiger partial charge >= 0.3 is 0 Å². The maximum absolute atomic E-state index is 4.11. The molecule has 14 heavy (non-hydrogen) atoms. The van der Waals surface area contributed by atoms with Gasteiger partial charge in [-0.1, -0.05) is 0 Å². The topological polar surface area (TPSA) is 24.9 Å². The summed E-state index contributed by atoms with van der Waals surface area (Å²) in [7, 11) is 0. The van der Waals surface area contributed by atoms with E-state index in [2.05, 4.69) is 34.1 Å². The lowest BCUT2D eigenvalue weighted by atomic mass is 10.1. The lowest BCUT2D eigenvalue weighted by Crippen LogP contribution is -2.00. The minimum absolute atomic E-state index is 0.844. The van der Waals surface area contributed by atoms with Crippen LogP contribution in [0.1, 0.15) is 11.1 Å². The van der Waals surface area contributed by atoms with Crippen LogP contribution in [-0.2, 0) is 6.54 Å². The molecule has 2 heterocycles. The van der Waals surface area contributed by atoms with Crippen molar-refractivity contribution in [1.29, 1.82) is 0 Å². The summed E-state index contributed by atoms with van der Waals surface area (Å²) in [6.45, 7) is 2.95. The number of aromatic nitrogens is 1. The van der Waals surface area contributed by atoms with Gasteiger partial charge in [-0.3, -0.25) is 4.98 Å². The summed E-state index contributed by atoms with van der Waals surface area (Å²) in [5.41, 5.74) is 3.71. The van der Waals surface area contributed by atoms with Crippen LogP contribution in [0.2, 0.25) is 0 Å². The van der Waals surface area contributed by atoms with Crippen molar-refractivity contribution in [3.63, 3.8) is 0 Å². The molecule has 2 rings (SSSR count). The Hall–Kier alpha value is -1.35. The molecule has 0 aliphatic carbocycles. The zero-order chi connectivity index (χ0) is 9.80. The second kappa shape index (κ2) is 4.24. The molecule has 0 fully saturated rings. The van der Waals surface area contributed by atoms with E-state index < -0.39 is 0 Å². The summed E-state index contributed by atoms with van der Waals surface area (Å²) in [5.74, 6) is 0. The smallest absolute Gasteiger partial charge is 0.0451 e. The van der Waals surface area contributed by atoms with Crippen molar-refractivity contribution in [2.75, 3.05) is 5.32 Å². The lowest BCUT2D eigenvalue weighted by molar-refractivity contribution is 1.08. The normalized spacial score (nSPS) is 10.1. The van der Waals surface area contributed by atoms with Crippen molar-refractivity contribution in [1.82, 2.24) is 4.98 Å². The van der Waals surface area contributed by atoms with Crippen molar-refractivity contribution in [2.24, 2.45) is 0 Å². The SMILES string of the molecule is Cc1ccncc1CNc1ccsc1. The Morgan fingerprint density at radius 3 is 3.07 bits per heavy atom. The molecule has 2 aromatic rings. The third-order valence-electron chi connectivity index (χ3n) is 2.15. The number of nitrogens with zero attached hydrogens (tertiary/aromatic N) is 1. The zero-order valence-corrected chi connectivity index (χ0v) is 8.84. The van der Waals surface area contributed by atoms with Gasteiger partial charge in [0.1, 0.15) is 0 Å². The van der Waals surface area contributed by atoms with Gasteiger partial charge in [0.25, 0.3) is 0 Å². The van der Waals surface area contributed by atoms with Gasteiger partial charge in [-0.15, -0.1) is 0 Å². The van der Waals surface area contributed by atoms with Crippen LogP contribution in [0.25, 0.3) is 0 Å². The predicted octanol–water partition coefficient (Wildman–Crippen LogP) is 3.06. The van der Waals surface area contributed by atoms with E-state index in [1.165, 1.54) is 16.8 Å². The molecule has 0 atom stereocenters. The van der Waals surface area contributed by atoms with Gasteiger partial charge in [0.05, 0.1) is 0 Å². The fourth-order valence-corrected chi connectivity index (χ4v) is 1.86. The second-order valence-corrected chi connectivity index (χ2v) is 3.95. The lowest BCUT2D eigenvalue weighted by Gasteiger charge is -2.06. The highest BCUT2D eigenvalue weighted by molar-refractivity contribution is 7.08. The Morgan fingerprint density at radius 1 is 1.43 bits per heavy atom. The Balaban J connectivity index is 2.02. The number of anilines is 1. The number of rotatable bonds is 3. The first-order valence-electron chi connectivity index (χ1n) is 4.52. The van der Waals surface area contributed by atoms with Gasteiger partial charge in [-0.2, -0.15) is 11.3 Å². The maximum atomic E-state index is 4.11. The van der Waals surface area contributed by atoms with Crippen molar-refractivity contribution in [2.45, 2.75) is 13.5 Å². The van der Waals surface area contributed by atoms with Crippen LogP contribution in [-0.4, -0.2) is 4.98 Å². The number of hydrogen-bond donors (Lipinski definition) is 1. The number of nitrogens with one attached hydrogen (secondary N) is 1. The van der Waals surface area contributed by atoms with Crippen LogP contribution < -0.4 is 5.32 Å². The predicted molar refractivity (Wildman–Crippen MR) is 60.6 cm³/mol. The van der Waals surface area contributed by atoms with Gasteiger partial charge in [0.15, 0.2) is 0 Å². The molecule has 0 aliphatic heterocycles. The summed E-state index contributed by atoms with van der Waals surface area (Å²) in [5, 5.41) is 7.52. The first-order valence-corrected chi connectivity index (χ1v) is 5.46. The highest BCUT2D eigenvalue weighted by atomic mass is 32.1. The molecule has 1 N–H and O–H groups in total. The van der Waals surface area contributed by atoms with E-state index in [4.69, 9.17) is 0 Å². The van der Waals surface area contributed by atoms with E-state index in [0.717, 1.165) is 6.54 Å². The van der Waals surface area contributed by atoms with Crippen LogP contribution in [0.5, 0.6) is 0 Å². The van der Waals surface area contributed by atoms with Crippen molar-refractivity contribution in [3.05, 3.63) is 46.4 Å². The molecule has 0 spiro atoms. The van der Waals surface area contributed by atoms with Crippen molar-refractivity contribution in [3.8, 4) is 0 Å². The summed E-state index contributed by atoms with van der Waals surface area (Å²) in [4.78, 5) is 4.11. The highest BCUT2D eigenvalue weighted by Crippen LogP contribution is 2.14. The molecule has 0 unspecified atom stereocenters. The van der Waals surface area contributed by atoms with E-state index in [1.807, 2.05) is 18.5 Å². The molecule has 0 radical (unpaired) electrons. The first kappa shape index (κ1) is 9.21. The monoisotopic (exact) mass is 204 g/mol. The molecule has 0 bridgehead atoms. The third kappa shape index (κ3) is 2.12. The average molecular weight is 204 g/mol. The standard InChI is InChI=1S/C11H12N2S/c1-9-2-4-12-6-10(9)7-13-11-3-5-14-8-11/h2-6,8,13H,7H2,1H3. The van der Waals surface area contributed by atoms with E-state index in [-0.39, 0.29) is 0 Å². The molecule has 0 aromatic carbocycles. The van der Waals surface area contributed by atoms with Crippen LogP contribution in [0.3, 0.4) is 0 Å². The van der Waals surface area contributed by atoms with Gasteiger partial charge in [-0.25, -0.2) is 0 Å². The zero-order valence-electron chi connectivity index (χ0n) is 8.03. The molecular formula is C11H12N2S. The quantitative estimate of drug-likeness (QED) is 0.831. The van der Waals surface area contributed by atoms with E-state index in [0.29, 0.717) is 0 Å². The number of pyridine rings is 1. The fraction of sp³-hybridized carbons (Fsp3) is 0.182. The number of thiophene rings is 1. The first-order chi connectivity index (χ1) is 6.86. The molecule has 0 saturated carbocycles. The second-order valence-electron chi connectivity index (χ2n) is 3.17. The van der Waals surface area contributed by atoms with Crippen molar-refractivity contribution >= 4 is 17.0 Å². The Bertz CT molecular complexity index is 395. The summed E-state index contributed by atoms with van der Waals surface area (Å²) < 4.78 is 0. The van der Waals surface area contributed by atoms with Crippen LogP contribution in [0.4, 0.5) is 5.69 Å². The minimum Gasteiger partial charge on any atom is -0.380 e. The third-order valence-corrected chi connectivity index (χ3v) is 2.83. The highest BCUT2D eigenvalue weighted by Gasteiger charge is 1.97. The molecule has 2 nitrogen and oxygen atoms in total. The Labute approximate surface area is 87.6 Å². The van der Waals surface area contributed by atoms with Crippen LogP contribution in [0.15, 0.2) is 35.3 Å². The van der Waals surface area contributed by atoms with E-state index in [9.17, 15) is 0 Å². The van der Waals surface area contributed by atoms with E-state index >= 15 is 0 Å². The number of hydrogen-bond acceptors (Lipinski definition) is 3. The minimum atomic E-state index is 0.844. The van der Waals surface area contributed by atoms with Gasteiger partial charge in [-0.05, 0) is 35.6 Å². The fourth-order valence-electron chi connectivity index (χ4n) is 1.24. The van der Waals surface area contributed by atoms with Gasteiger partial charge < -0.3 is 5.32 Å². The molecule has 3 heteroatoms. The maximum Gasteiger partial charge on any atom is 0.0451 e. The number of aryl methyl sites for hydroxylation is 1. The largest absolute Gasteiger partial charge is 0.380 e. The molecular weight excluding hydrogens is 192 g/mol. The summed E-state index contributed by atoms with van der Waals surface area (Å²) in [6, 6.07) is 4.11. The van der Waals surface area contributed by atoms with Crippen molar-refractivity contribution < 1.29 is 0 Å². The van der Waals surface area contributed by atoms with Gasteiger partial charge in [0.2, 0.25) is 0 Å². The van der Waals surface area contributed by atoms with Gasteiger partial charge in [0, 0.05) is 30.0 Å². The summed E-state index contributed by atoms with van der Waals surface area (Å²) >= 11 is 1.70. The van der Waals surface area contributed by atoms with Crippen LogP contribution in [0, 0.1) is 6.92 Å². The molecule has 0 saturated heterocycles. The Kier molecular flexibility index (Phi) is 2.79. The van der Waals surface area contributed by atoms with Crippen LogP contribution >= 0.6 is 11.3 Å². The summed E-state index contributed by atoms with van der Waals surface area (Å²) in [6.07, 6.45) is 3.73. The Morgan fingerprint density at radius 2 is 2.36 bits per heavy atom. The molecule has 2 aromatic heterocycles. The van der Waals surface area contributed by atoms with E-state index in [1.54, 1.807) is 11.3 Å². The molecule has 72 valence electrons. The molecule has 0 aliphatic rings.